The van der Waals surface area contributed by atoms with Gasteiger partial charge in [0.1, 0.15) is 11.6 Å². The number of fused-ring (bicyclic) bond motifs is 1. The Morgan fingerprint density at radius 1 is 1.17 bits per heavy atom. The zero-order valence-corrected chi connectivity index (χ0v) is 17.1. The largest absolute Gasteiger partial charge is 0.494 e. The molecule has 1 aliphatic heterocycles. The number of hydrogen-bond acceptors (Lipinski definition) is 6. The number of aliphatic hydroxyl groups is 1. The van der Waals surface area contributed by atoms with Gasteiger partial charge >= 0.3 is 0 Å². The first-order chi connectivity index (χ1) is 14.1. The topological polar surface area (TPSA) is 99.4 Å². The second-order valence-electron chi connectivity index (χ2n) is 7.07. The minimum Gasteiger partial charge on any atom is -0.494 e. The van der Waals surface area contributed by atoms with Gasteiger partial charge in [-0.25, -0.2) is 9.97 Å². The third-order valence-corrected chi connectivity index (χ3v) is 4.97. The number of carbonyl (C=O) groups excluding carboxylic acids is 1. The third-order valence-electron chi connectivity index (χ3n) is 4.97. The van der Waals surface area contributed by atoms with Crippen molar-refractivity contribution in [1.82, 2.24) is 9.97 Å². The maximum absolute atomic E-state index is 12.6. The third kappa shape index (κ3) is 4.62. The highest BCUT2D eigenvalue weighted by molar-refractivity contribution is 6.07. The molecule has 0 aliphatic carbocycles. The Hall–Kier alpha value is -2.80. The summed E-state index contributed by atoms with van der Waals surface area (Å²) in [5.74, 6) is 1.74. The second kappa shape index (κ2) is 9.60. The molecular weight excluding hydrogens is 368 g/mol. The molecule has 2 heterocycles. The van der Waals surface area contributed by atoms with Crippen LogP contribution in [0.15, 0.2) is 24.3 Å². The van der Waals surface area contributed by atoms with E-state index >= 15 is 0 Å². The molecule has 0 fully saturated rings. The summed E-state index contributed by atoms with van der Waals surface area (Å²) in [5, 5.41) is 17.6. The van der Waals surface area contributed by atoms with Gasteiger partial charge in [-0.05, 0) is 37.6 Å². The van der Waals surface area contributed by atoms with Crippen LogP contribution in [0.5, 0.6) is 5.75 Å². The first-order valence-corrected chi connectivity index (χ1v) is 10.2. The molecule has 7 heteroatoms. The summed E-state index contributed by atoms with van der Waals surface area (Å²) in [7, 11) is 0. The summed E-state index contributed by atoms with van der Waals surface area (Å²) in [6.07, 6.45) is 4.41. The summed E-state index contributed by atoms with van der Waals surface area (Å²) in [4.78, 5) is 23.5. The zero-order valence-electron chi connectivity index (χ0n) is 17.1. The van der Waals surface area contributed by atoms with Crippen LogP contribution >= 0.6 is 0 Å². The second-order valence-corrected chi connectivity index (χ2v) is 7.07. The minimum atomic E-state index is -0.434. The predicted octanol–water partition coefficient (Wildman–Crippen LogP) is 3.37. The van der Waals surface area contributed by atoms with Crippen LogP contribution in [0.1, 0.15) is 50.8 Å². The van der Waals surface area contributed by atoms with Crippen molar-refractivity contribution in [3.05, 3.63) is 35.5 Å². The Morgan fingerprint density at radius 2 is 1.93 bits per heavy atom. The van der Waals surface area contributed by atoms with E-state index in [-0.39, 0.29) is 18.0 Å². The summed E-state index contributed by atoms with van der Waals surface area (Å²) in [5.41, 5.74) is 1.76. The van der Waals surface area contributed by atoms with Crippen LogP contribution in [0.25, 0.3) is 11.4 Å². The first kappa shape index (κ1) is 20.9. The van der Waals surface area contributed by atoms with Crippen LogP contribution in [0.3, 0.4) is 0 Å². The lowest BCUT2D eigenvalue weighted by molar-refractivity contribution is -0.117. The van der Waals surface area contributed by atoms with Crippen molar-refractivity contribution in [1.29, 1.82) is 5.41 Å². The number of rotatable bonds is 10. The molecule has 2 aromatic rings. The summed E-state index contributed by atoms with van der Waals surface area (Å²) < 4.78 is 5.48. The Labute approximate surface area is 171 Å². The van der Waals surface area contributed by atoms with Gasteiger partial charge in [0.15, 0.2) is 5.82 Å². The monoisotopic (exact) mass is 396 g/mol. The standard InChI is InChI=1S/C22H28N4O3/c1-3-5-6-7-12-26-19(28)13-17-20(18(23)14-27)24-21(25-22(17)26)15-8-10-16(11-9-15)29-4-2/h8-11,23,27H,3-7,12-14H2,1-2H3. The molecule has 0 bridgehead atoms. The molecule has 0 spiro atoms. The van der Waals surface area contributed by atoms with E-state index in [0.29, 0.717) is 36.1 Å². The molecule has 2 N–H and O–H groups in total. The molecule has 7 nitrogen and oxygen atoms in total. The number of anilines is 1. The lowest BCUT2D eigenvalue weighted by atomic mass is 10.1. The number of hydrogen-bond donors (Lipinski definition) is 2. The molecule has 0 saturated carbocycles. The Bertz CT molecular complexity index is 880. The first-order valence-electron chi connectivity index (χ1n) is 10.2. The van der Waals surface area contributed by atoms with Crippen molar-refractivity contribution in [3.63, 3.8) is 0 Å². The van der Waals surface area contributed by atoms with E-state index < -0.39 is 6.61 Å². The lowest BCUT2D eigenvalue weighted by Crippen LogP contribution is -2.28. The van der Waals surface area contributed by atoms with Gasteiger partial charge in [-0.3, -0.25) is 9.69 Å². The number of benzene rings is 1. The van der Waals surface area contributed by atoms with Gasteiger partial charge in [0, 0.05) is 17.7 Å². The van der Waals surface area contributed by atoms with Crippen LogP contribution in [0, 0.1) is 5.41 Å². The molecule has 0 radical (unpaired) electrons. The maximum Gasteiger partial charge on any atom is 0.232 e. The van der Waals surface area contributed by atoms with Crippen molar-refractivity contribution in [2.24, 2.45) is 0 Å². The molecule has 1 amide bonds. The lowest BCUT2D eigenvalue weighted by Gasteiger charge is -2.18. The molecule has 154 valence electrons. The van der Waals surface area contributed by atoms with E-state index in [1.54, 1.807) is 4.90 Å². The van der Waals surface area contributed by atoms with Crippen LogP contribution in [-0.4, -0.2) is 46.5 Å². The number of aliphatic hydroxyl groups excluding tert-OH is 1. The van der Waals surface area contributed by atoms with Gasteiger partial charge in [-0.15, -0.1) is 0 Å². The van der Waals surface area contributed by atoms with Gasteiger partial charge in [0.25, 0.3) is 0 Å². The maximum atomic E-state index is 12.6. The molecule has 1 aliphatic rings. The number of amides is 1. The van der Waals surface area contributed by atoms with Crippen LogP contribution in [-0.2, 0) is 11.2 Å². The fraction of sp³-hybridized carbons (Fsp3) is 0.455. The van der Waals surface area contributed by atoms with Gasteiger partial charge in [0.2, 0.25) is 5.91 Å². The van der Waals surface area contributed by atoms with E-state index in [1.807, 2.05) is 31.2 Å². The highest BCUT2D eigenvalue weighted by Gasteiger charge is 2.33. The number of unbranched alkanes of at least 4 members (excludes halogenated alkanes) is 3. The normalized spacial score (nSPS) is 12.9. The molecule has 0 atom stereocenters. The van der Waals surface area contributed by atoms with Crippen molar-refractivity contribution in [3.8, 4) is 17.1 Å². The van der Waals surface area contributed by atoms with Crippen molar-refractivity contribution < 1.29 is 14.6 Å². The molecule has 1 aromatic carbocycles. The summed E-state index contributed by atoms with van der Waals surface area (Å²) in [6.45, 7) is 4.84. The fourth-order valence-electron chi connectivity index (χ4n) is 3.47. The molecule has 0 saturated heterocycles. The van der Waals surface area contributed by atoms with Gasteiger partial charge in [-0.2, -0.15) is 0 Å². The summed E-state index contributed by atoms with van der Waals surface area (Å²) in [6, 6.07) is 7.42. The van der Waals surface area contributed by atoms with E-state index in [4.69, 9.17) is 10.1 Å². The highest BCUT2D eigenvalue weighted by Crippen LogP contribution is 2.32. The number of carbonyl (C=O) groups is 1. The highest BCUT2D eigenvalue weighted by atomic mass is 16.5. The Morgan fingerprint density at radius 3 is 2.59 bits per heavy atom. The average Bonchev–Trinajstić information content (AvgIpc) is 3.06. The van der Waals surface area contributed by atoms with Crippen molar-refractivity contribution in [2.45, 2.75) is 46.0 Å². The Balaban J connectivity index is 1.98. The number of aromatic nitrogens is 2. The molecule has 0 unspecified atom stereocenters. The van der Waals surface area contributed by atoms with E-state index in [1.165, 1.54) is 0 Å². The number of nitrogens with zero attached hydrogens (tertiary/aromatic N) is 3. The molecule has 1 aromatic heterocycles. The number of nitrogens with one attached hydrogen (secondary N) is 1. The van der Waals surface area contributed by atoms with Crippen LogP contribution in [0.4, 0.5) is 5.82 Å². The molecule has 29 heavy (non-hydrogen) atoms. The van der Waals surface area contributed by atoms with Crippen LogP contribution < -0.4 is 9.64 Å². The quantitative estimate of drug-likeness (QED) is 0.474. The van der Waals surface area contributed by atoms with Gasteiger partial charge < -0.3 is 15.3 Å². The van der Waals surface area contributed by atoms with E-state index in [2.05, 4.69) is 16.9 Å². The van der Waals surface area contributed by atoms with Crippen molar-refractivity contribution in [2.75, 3.05) is 24.7 Å². The van der Waals surface area contributed by atoms with Gasteiger partial charge in [-0.1, -0.05) is 26.2 Å². The SMILES string of the molecule is CCCCCCN1C(=O)Cc2c(C(=N)CO)nc(-c3ccc(OCC)cc3)nc21. The number of ether oxygens (including phenoxy) is 1. The summed E-state index contributed by atoms with van der Waals surface area (Å²) >= 11 is 0. The Kier molecular flexibility index (Phi) is 6.93. The van der Waals surface area contributed by atoms with Gasteiger partial charge in [0.05, 0.1) is 31.0 Å². The average molecular weight is 396 g/mol. The molecule has 3 rings (SSSR count). The van der Waals surface area contributed by atoms with Crippen molar-refractivity contribution >= 4 is 17.4 Å². The zero-order chi connectivity index (χ0) is 20.8. The molecular formula is C22H28N4O3. The smallest absolute Gasteiger partial charge is 0.232 e. The fourth-order valence-corrected chi connectivity index (χ4v) is 3.47. The van der Waals surface area contributed by atoms with E-state index in [9.17, 15) is 9.90 Å². The predicted molar refractivity (Wildman–Crippen MR) is 113 cm³/mol. The van der Waals surface area contributed by atoms with Crippen LogP contribution in [0.2, 0.25) is 0 Å². The van der Waals surface area contributed by atoms with E-state index in [0.717, 1.165) is 37.0 Å². The minimum absolute atomic E-state index is 0.00327.